The highest BCUT2D eigenvalue weighted by Crippen LogP contribution is 2.34. The molecule has 0 aliphatic rings. The number of carbonyl (C=O) groups is 2. The van der Waals surface area contributed by atoms with Crippen LogP contribution in [0.15, 0.2) is 28.7 Å². The van der Waals surface area contributed by atoms with Crippen LogP contribution >= 0.6 is 15.9 Å². The van der Waals surface area contributed by atoms with Crippen LogP contribution in [-0.2, 0) is 4.79 Å². The van der Waals surface area contributed by atoms with Crippen molar-refractivity contribution in [2.45, 2.75) is 0 Å². The maximum atomic E-state index is 13.5. The summed E-state index contributed by atoms with van der Waals surface area (Å²) in [7, 11) is 1.35. The molecule has 1 amide bonds. The Kier molecular flexibility index (Phi) is 6.02. The summed E-state index contributed by atoms with van der Waals surface area (Å²) in [6.07, 6.45) is 0.509. The fourth-order valence-electron chi connectivity index (χ4n) is 1.93. The molecule has 0 saturated heterocycles. The van der Waals surface area contributed by atoms with Gasteiger partial charge in [0, 0.05) is 4.47 Å². The van der Waals surface area contributed by atoms with E-state index in [1.807, 2.05) is 0 Å². The number of anilines is 1. The van der Waals surface area contributed by atoms with Crippen LogP contribution in [0.5, 0.6) is 11.5 Å². The summed E-state index contributed by atoms with van der Waals surface area (Å²) in [6, 6.07) is 4.53. The summed E-state index contributed by atoms with van der Waals surface area (Å²) in [6.45, 7) is -0.614. The summed E-state index contributed by atoms with van der Waals surface area (Å²) in [5.74, 6) is -5.22. The molecule has 0 saturated carbocycles. The molecular weight excluding hydrogens is 407 g/mol. The second-order valence-corrected chi connectivity index (χ2v) is 5.62. The molecular formula is C16H11BrF3NO4. The number of amides is 1. The Bertz CT molecular complexity index is 830. The van der Waals surface area contributed by atoms with E-state index in [1.54, 1.807) is 0 Å². The molecule has 9 heteroatoms. The second kappa shape index (κ2) is 8.02. The second-order valence-electron chi connectivity index (χ2n) is 4.70. The Labute approximate surface area is 148 Å². The van der Waals surface area contributed by atoms with Gasteiger partial charge in [0.2, 0.25) is 0 Å². The van der Waals surface area contributed by atoms with Gasteiger partial charge < -0.3 is 14.8 Å². The maximum absolute atomic E-state index is 13.5. The smallest absolute Gasteiger partial charge is 0.262 e. The molecule has 0 unspecified atom stereocenters. The Balaban J connectivity index is 2.13. The number of nitrogens with one attached hydrogen (secondary N) is 1. The van der Waals surface area contributed by atoms with Crippen molar-refractivity contribution in [2.75, 3.05) is 19.0 Å². The van der Waals surface area contributed by atoms with Crippen molar-refractivity contribution in [3.8, 4) is 11.5 Å². The molecule has 0 spiro atoms. The lowest BCUT2D eigenvalue weighted by Gasteiger charge is -2.13. The van der Waals surface area contributed by atoms with Crippen LogP contribution in [0.4, 0.5) is 18.9 Å². The summed E-state index contributed by atoms with van der Waals surface area (Å²) < 4.78 is 50.4. The summed E-state index contributed by atoms with van der Waals surface area (Å²) in [4.78, 5) is 23.0. The first-order valence-corrected chi connectivity index (χ1v) is 7.55. The largest absolute Gasteiger partial charge is 0.493 e. The normalized spacial score (nSPS) is 10.3. The molecule has 0 heterocycles. The number of benzene rings is 2. The molecule has 0 aliphatic carbocycles. The van der Waals surface area contributed by atoms with Crippen LogP contribution < -0.4 is 14.8 Å². The third-order valence-electron chi connectivity index (χ3n) is 3.05. The van der Waals surface area contributed by atoms with E-state index < -0.39 is 35.7 Å². The van der Waals surface area contributed by atoms with Crippen LogP contribution in [0.1, 0.15) is 10.4 Å². The maximum Gasteiger partial charge on any atom is 0.262 e. The van der Waals surface area contributed by atoms with E-state index in [0.29, 0.717) is 16.8 Å². The minimum absolute atomic E-state index is 0.0154. The first-order valence-electron chi connectivity index (χ1n) is 6.76. The standard InChI is InChI=1S/C16H11BrF3NO4/c1-24-12-5-9(17)4-8(6-22)16(12)25-7-13(23)21-11-3-2-10(18)14(19)15(11)20/h2-6H,7H2,1H3,(H,21,23). The fraction of sp³-hybridized carbons (Fsp3) is 0.125. The molecule has 0 aromatic heterocycles. The topological polar surface area (TPSA) is 64.6 Å². The number of halogens is 4. The molecule has 25 heavy (non-hydrogen) atoms. The molecule has 132 valence electrons. The van der Waals surface area contributed by atoms with E-state index in [-0.39, 0.29) is 17.1 Å². The highest BCUT2D eigenvalue weighted by atomic mass is 79.9. The van der Waals surface area contributed by atoms with E-state index in [4.69, 9.17) is 9.47 Å². The Morgan fingerprint density at radius 2 is 1.96 bits per heavy atom. The Morgan fingerprint density at radius 1 is 1.24 bits per heavy atom. The van der Waals surface area contributed by atoms with Crippen LogP contribution in [0, 0.1) is 17.5 Å². The predicted molar refractivity (Wildman–Crippen MR) is 86.5 cm³/mol. The van der Waals surface area contributed by atoms with Crippen molar-refractivity contribution in [1.29, 1.82) is 0 Å². The summed E-state index contributed by atoms with van der Waals surface area (Å²) in [5.41, 5.74) is -0.413. The summed E-state index contributed by atoms with van der Waals surface area (Å²) in [5, 5.41) is 2.05. The fourth-order valence-corrected chi connectivity index (χ4v) is 2.38. The lowest BCUT2D eigenvalue weighted by atomic mass is 10.2. The van der Waals surface area contributed by atoms with Crippen LogP contribution in [-0.4, -0.2) is 25.9 Å². The van der Waals surface area contributed by atoms with Gasteiger partial charge in [-0.2, -0.15) is 0 Å². The van der Waals surface area contributed by atoms with E-state index in [2.05, 4.69) is 21.2 Å². The van der Waals surface area contributed by atoms with Crippen LogP contribution in [0.2, 0.25) is 0 Å². The van der Waals surface area contributed by atoms with E-state index >= 15 is 0 Å². The molecule has 2 aromatic rings. The van der Waals surface area contributed by atoms with Gasteiger partial charge in [-0.1, -0.05) is 15.9 Å². The number of carbonyl (C=O) groups excluding carboxylic acids is 2. The van der Waals surface area contributed by atoms with Crippen molar-refractivity contribution in [3.63, 3.8) is 0 Å². The van der Waals surface area contributed by atoms with E-state index in [1.165, 1.54) is 19.2 Å². The number of aldehydes is 1. The van der Waals surface area contributed by atoms with Crippen molar-refractivity contribution >= 4 is 33.8 Å². The van der Waals surface area contributed by atoms with Gasteiger partial charge in [-0.25, -0.2) is 13.2 Å². The molecule has 1 N–H and O–H groups in total. The molecule has 0 fully saturated rings. The number of methoxy groups -OCH3 is 1. The van der Waals surface area contributed by atoms with E-state index in [0.717, 1.165) is 6.07 Å². The average molecular weight is 418 g/mol. The SMILES string of the molecule is COc1cc(Br)cc(C=O)c1OCC(=O)Nc1ccc(F)c(F)c1F. The zero-order valence-corrected chi connectivity index (χ0v) is 14.3. The minimum atomic E-state index is -1.70. The third-order valence-corrected chi connectivity index (χ3v) is 3.51. The molecule has 5 nitrogen and oxygen atoms in total. The van der Waals surface area contributed by atoms with Crippen molar-refractivity contribution in [2.24, 2.45) is 0 Å². The van der Waals surface area contributed by atoms with Gasteiger partial charge in [-0.15, -0.1) is 0 Å². The summed E-state index contributed by atoms with van der Waals surface area (Å²) >= 11 is 3.19. The van der Waals surface area contributed by atoms with Gasteiger partial charge in [0.05, 0.1) is 18.4 Å². The average Bonchev–Trinajstić information content (AvgIpc) is 2.60. The quantitative estimate of drug-likeness (QED) is 0.574. The van der Waals surface area contributed by atoms with Crippen LogP contribution in [0.25, 0.3) is 0 Å². The van der Waals surface area contributed by atoms with Gasteiger partial charge >= 0.3 is 0 Å². The molecule has 0 bridgehead atoms. The molecule has 0 radical (unpaired) electrons. The minimum Gasteiger partial charge on any atom is -0.493 e. The monoisotopic (exact) mass is 417 g/mol. The zero-order valence-electron chi connectivity index (χ0n) is 12.7. The van der Waals surface area contributed by atoms with Gasteiger partial charge in [0.25, 0.3) is 5.91 Å². The van der Waals surface area contributed by atoms with Crippen molar-refractivity contribution in [1.82, 2.24) is 0 Å². The lowest BCUT2D eigenvalue weighted by molar-refractivity contribution is -0.118. The van der Waals surface area contributed by atoms with Crippen molar-refractivity contribution in [3.05, 3.63) is 51.8 Å². The van der Waals surface area contributed by atoms with Gasteiger partial charge in [-0.05, 0) is 24.3 Å². The van der Waals surface area contributed by atoms with Gasteiger partial charge in [0.15, 0.2) is 41.8 Å². The molecule has 2 aromatic carbocycles. The van der Waals surface area contributed by atoms with Crippen LogP contribution in [0.3, 0.4) is 0 Å². The number of rotatable bonds is 6. The number of ether oxygens (including phenoxy) is 2. The number of hydrogen-bond donors (Lipinski definition) is 1. The molecule has 0 aliphatic heterocycles. The Morgan fingerprint density at radius 3 is 2.60 bits per heavy atom. The molecule has 0 atom stereocenters. The molecule has 2 rings (SSSR count). The van der Waals surface area contributed by atoms with Gasteiger partial charge in [0.1, 0.15) is 0 Å². The van der Waals surface area contributed by atoms with E-state index in [9.17, 15) is 22.8 Å². The third kappa shape index (κ3) is 4.30. The lowest BCUT2D eigenvalue weighted by Crippen LogP contribution is -2.21. The van der Waals surface area contributed by atoms with Gasteiger partial charge in [-0.3, -0.25) is 9.59 Å². The zero-order chi connectivity index (χ0) is 18.6. The highest BCUT2D eigenvalue weighted by Gasteiger charge is 2.17. The number of hydrogen-bond acceptors (Lipinski definition) is 4. The first kappa shape index (κ1) is 18.8. The van der Waals surface area contributed by atoms with Crippen molar-refractivity contribution < 1.29 is 32.2 Å². The highest BCUT2D eigenvalue weighted by molar-refractivity contribution is 9.10. The first-order chi connectivity index (χ1) is 11.9. The Hall–Kier alpha value is -2.55. The predicted octanol–water partition coefficient (Wildman–Crippen LogP) is 3.71.